The average Bonchev–Trinajstić information content (AvgIpc) is 3.18. The number of anilines is 1. The van der Waals surface area contributed by atoms with Crippen molar-refractivity contribution in [2.75, 3.05) is 12.4 Å². The van der Waals surface area contributed by atoms with Crippen molar-refractivity contribution in [3.8, 4) is 0 Å². The Morgan fingerprint density at radius 1 is 1.27 bits per heavy atom. The number of aryl methyl sites for hydroxylation is 1. The van der Waals surface area contributed by atoms with Crippen molar-refractivity contribution in [3.63, 3.8) is 0 Å². The fraction of sp³-hybridized carbons (Fsp3) is 0.429. The van der Waals surface area contributed by atoms with E-state index in [-0.39, 0.29) is 16.0 Å². The maximum Gasteiger partial charge on any atom is 0.274 e. The van der Waals surface area contributed by atoms with Gasteiger partial charge in [0.1, 0.15) is 0 Å². The lowest BCUT2D eigenvalue weighted by molar-refractivity contribution is 0.558. The molecule has 1 fully saturated rings. The fourth-order valence-corrected chi connectivity index (χ4v) is 3.85. The van der Waals surface area contributed by atoms with E-state index in [9.17, 15) is 13.2 Å². The summed E-state index contributed by atoms with van der Waals surface area (Å²) in [6.07, 6.45) is 1.66. The van der Waals surface area contributed by atoms with Crippen LogP contribution in [-0.2, 0) is 17.1 Å². The predicted molar refractivity (Wildman–Crippen MR) is 84.5 cm³/mol. The largest absolute Gasteiger partial charge is 0.371 e. The molecule has 0 spiro atoms. The second-order valence-electron chi connectivity index (χ2n) is 5.90. The minimum Gasteiger partial charge on any atom is -0.371 e. The Balaban J connectivity index is 2.17. The Morgan fingerprint density at radius 3 is 2.55 bits per heavy atom. The molecule has 2 N–H and O–H groups in total. The van der Waals surface area contributed by atoms with Gasteiger partial charge >= 0.3 is 0 Å². The molecule has 0 amide bonds. The van der Waals surface area contributed by atoms with E-state index >= 15 is 0 Å². The van der Waals surface area contributed by atoms with E-state index in [0.717, 1.165) is 12.8 Å². The van der Waals surface area contributed by atoms with Crippen LogP contribution in [0.25, 0.3) is 10.8 Å². The van der Waals surface area contributed by atoms with Crippen LogP contribution in [-0.4, -0.2) is 30.8 Å². The second kappa shape index (κ2) is 4.79. The topological polar surface area (TPSA) is 93.1 Å². The second-order valence-corrected chi connectivity index (χ2v) is 7.58. The van der Waals surface area contributed by atoms with Crippen molar-refractivity contribution in [3.05, 3.63) is 28.6 Å². The van der Waals surface area contributed by atoms with Gasteiger partial charge in [-0.25, -0.2) is 17.8 Å². The molecule has 1 aromatic heterocycles. The molecule has 1 saturated carbocycles. The number of rotatable bonds is 4. The van der Waals surface area contributed by atoms with E-state index in [0.29, 0.717) is 16.6 Å². The molecule has 118 valence electrons. The highest BCUT2D eigenvalue weighted by molar-refractivity contribution is 7.89. The molecule has 8 heteroatoms. The maximum absolute atomic E-state index is 12.4. The summed E-state index contributed by atoms with van der Waals surface area (Å²) in [5.74, 6) is 0.531. The Hall–Kier alpha value is -1.93. The molecule has 22 heavy (non-hydrogen) atoms. The minimum absolute atomic E-state index is 0.0958. The highest BCUT2D eigenvalue weighted by Crippen LogP contribution is 2.36. The lowest BCUT2D eigenvalue weighted by atomic mass is 10.2. The molecule has 7 nitrogen and oxygen atoms in total. The lowest BCUT2D eigenvalue weighted by Crippen LogP contribution is -2.34. The van der Waals surface area contributed by atoms with Gasteiger partial charge in [0.05, 0.1) is 10.3 Å². The van der Waals surface area contributed by atoms with Crippen LogP contribution >= 0.6 is 0 Å². The Morgan fingerprint density at radius 2 is 1.95 bits per heavy atom. The maximum atomic E-state index is 12.4. The Kier molecular flexibility index (Phi) is 3.26. The standard InChI is InChI=1S/C14H18N4O3S/c1-14(6-7-14)17-22(20,21)9-4-5-10-11(8-9)13(19)18(3)16-12(10)15-2/h4-5,8,17H,6-7H2,1-3H3,(H,15,16). The number of nitrogens with one attached hydrogen (secondary N) is 2. The van der Waals surface area contributed by atoms with Gasteiger partial charge in [0.2, 0.25) is 10.0 Å². The molecule has 1 aromatic carbocycles. The normalized spacial score (nSPS) is 16.7. The van der Waals surface area contributed by atoms with Crippen LogP contribution in [0.4, 0.5) is 5.82 Å². The van der Waals surface area contributed by atoms with Gasteiger partial charge in [0.25, 0.3) is 5.56 Å². The molecule has 0 aliphatic heterocycles. The van der Waals surface area contributed by atoms with E-state index in [1.807, 2.05) is 6.92 Å². The molecule has 2 aromatic rings. The summed E-state index contributed by atoms with van der Waals surface area (Å²) in [4.78, 5) is 12.3. The summed E-state index contributed by atoms with van der Waals surface area (Å²) in [5.41, 5.74) is -0.684. The number of hydrogen-bond donors (Lipinski definition) is 2. The number of hydrogen-bond acceptors (Lipinski definition) is 5. The predicted octanol–water partition coefficient (Wildman–Crippen LogP) is 0.806. The third-order valence-corrected chi connectivity index (χ3v) is 5.58. The summed E-state index contributed by atoms with van der Waals surface area (Å²) < 4.78 is 28.7. The van der Waals surface area contributed by atoms with Gasteiger partial charge in [0, 0.05) is 25.0 Å². The Bertz CT molecular complexity index is 914. The highest BCUT2D eigenvalue weighted by Gasteiger charge is 2.41. The number of aromatic nitrogens is 2. The molecule has 0 saturated heterocycles. The van der Waals surface area contributed by atoms with Crippen LogP contribution in [0.2, 0.25) is 0 Å². The van der Waals surface area contributed by atoms with Gasteiger partial charge in [-0.05, 0) is 38.0 Å². The zero-order valence-electron chi connectivity index (χ0n) is 12.7. The van der Waals surface area contributed by atoms with Crippen LogP contribution in [0.3, 0.4) is 0 Å². The van der Waals surface area contributed by atoms with Crippen molar-refractivity contribution in [2.24, 2.45) is 7.05 Å². The third kappa shape index (κ3) is 2.48. The zero-order chi connectivity index (χ0) is 16.1. The lowest BCUT2D eigenvalue weighted by Gasteiger charge is -2.13. The summed E-state index contributed by atoms with van der Waals surface area (Å²) in [7, 11) is -0.399. The van der Waals surface area contributed by atoms with Gasteiger partial charge in [-0.3, -0.25) is 4.79 Å². The number of fused-ring (bicyclic) bond motifs is 1. The quantitative estimate of drug-likeness (QED) is 0.869. The van der Waals surface area contributed by atoms with Crippen LogP contribution in [0.15, 0.2) is 27.9 Å². The van der Waals surface area contributed by atoms with Crippen molar-refractivity contribution in [2.45, 2.75) is 30.2 Å². The molecular weight excluding hydrogens is 304 g/mol. The van der Waals surface area contributed by atoms with Gasteiger partial charge in [-0.2, -0.15) is 5.10 Å². The molecule has 1 heterocycles. The third-order valence-electron chi connectivity index (χ3n) is 3.95. The molecule has 1 aliphatic carbocycles. The minimum atomic E-state index is -3.64. The molecule has 0 bridgehead atoms. The smallest absolute Gasteiger partial charge is 0.274 e. The van der Waals surface area contributed by atoms with E-state index in [1.165, 1.54) is 23.9 Å². The van der Waals surface area contributed by atoms with Crippen molar-refractivity contribution in [1.82, 2.24) is 14.5 Å². The first kappa shape index (κ1) is 15.0. The first-order valence-electron chi connectivity index (χ1n) is 6.99. The van der Waals surface area contributed by atoms with Crippen LogP contribution in [0.5, 0.6) is 0 Å². The molecule has 0 unspecified atom stereocenters. The van der Waals surface area contributed by atoms with E-state index in [2.05, 4.69) is 15.1 Å². The van der Waals surface area contributed by atoms with Crippen molar-refractivity contribution in [1.29, 1.82) is 0 Å². The highest BCUT2D eigenvalue weighted by atomic mass is 32.2. The Labute approximate surface area is 128 Å². The van der Waals surface area contributed by atoms with Crippen molar-refractivity contribution >= 4 is 26.6 Å². The van der Waals surface area contributed by atoms with Gasteiger partial charge < -0.3 is 5.32 Å². The van der Waals surface area contributed by atoms with Crippen LogP contribution in [0.1, 0.15) is 19.8 Å². The van der Waals surface area contributed by atoms with Gasteiger partial charge in [-0.1, -0.05) is 0 Å². The monoisotopic (exact) mass is 322 g/mol. The summed E-state index contributed by atoms with van der Waals surface area (Å²) >= 11 is 0. The van der Waals surface area contributed by atoms with Gasteiger partial charge in [-0.15, -0.1) is 0 Å². The molecule has 1 aliphatic rings. The van der Waals surface area contributed by atoms with E-state index < -0.39 is 10.0 Å². The van der Waals surface area contributed by atoms with E-state index in [1.54, 1.807) is 13.1 Å². The number of nitrogens with zero attached hydrogens (tertiary/aromatic N) is 2. The van der Waals surface area contributed by atoms with Crippen LogP contribution < -0.4 is 15.6 Å². The first-order chi connectivity index (χ1) is 10.3. The van der Waals surface area contributed by atoms with Crippen molar-refractivity contribution < 1.29 is 8.42 Å². The first-order valence-corrected chi connectivity index (χ1v) is 8.47. The zero-order valence-corrected chi connectivity index (χ0v) is 13.5. The molecular formula is C14H18N4O3S. The summed E-state index contributed by atoms with van der Waals surface area (Å²) in [5, 5.41) is 7.94. The van der Waals surface area contributed by atoms with Gasteiger partial charge in [0.15, 0.2) is 5.82 Å². The molecule has 0 radical (unpaired) electrons. The number of benzene rings is 1. The fourth-order valence-electron chi connectivity index (χ4n) is 2.36. The molecule has 3 rings (SSSR count). The van der Waals surface area contributed by atoms with Crippen LogP contribution in [0, 0.1) is 0 Å². The molecule has 0 atom stereocenters. The average molecular weight is 322 g/mol. The number of sulfonamides is 1. The SMILES string of the molecule is CNc1nn(C)c(=O)c2cc(S(=O)(=O)NC3(C)CC3)ccc12. The summed E-state index contributed by atoms with van der Waals surface area (Å²) in [6.45, 7) is 1.87. The summed E-state index contributed by atoms with van der Waals surface area (Å²) in [6, 6.07) is 4.52. The van der Waals surface area contributed by atoms with E-state index in [4.69, 9.17) is 0 Å².